The van der Waals surface area contributed by atoms with E-state index < -0.39 is 28.6 Å². The van der Waals surface area contributed by atoms with Gasteiger partial charge in [0.05, 0.1) is 42.3 Å². The van der Waals surface area contributed by atoms with Crippen LogP contribution in [0, 0.1) is 0 Å². The molecule has 0 fully saturated rings. The first-order valence-corrected chi connectivity index (χ1v) is 10.3. The number of carbonyl (C=O) groups is 2. The van der Waals surface area contributed by atoms with Gasteiger partial charge in [0.25, 0.3) is 11.8 Å². The Bertz CT molecular complexity index is 1280. The summed E-state index contributed by atoms with van der Waals surface area (Å²) in [7, 11) is 2.91. The van der Waals surface area contributed by atoms with Crippen LogP contribution in [-0.2, 0) is 6.18 Å². The smallest absolute Gasteiger partial charge is 0.417 e. The molecule has 2 N–H and O–H groups in total. The summed E-state index contributed by atoms with van der Waals surface area (Å²) in [5.41, 5.74) is 1.85. The number of hydrogen-bond acceptors (Lipinski definition) is 5. The average Bonchev–Trinajstić information content (AvgIpc) is 2.84. The number of amides is 2. The molecular formula is C24H19ClF3N3O4. The lowest BCUT2D eigenvalue weighted by Crippen LogP contribution is -2.21. The van der Waals surface area contributed by atoms with Gasteiger partial charge < -0.3 is 14.8 Å². The molecule has 0 aliphatic heterocycles. The second kappa shape index (κ2) is 10.9. The third kappa shape index (κ3) is 6.30. The van der Waals surface area contributed by atoms with Crippen molar-refractivity contribution in [3.05, 3.63) is 87.9 Å². The van der Waals surface area contributed by atoms with Crippen molar-refractivity contribution in [3.63, 3.8) is 0 Å². The van der Waals surface area contributed by atoms with Crippen molar-refractivity contribution in [2.24, 2.45) is 5.10 Å². The van der Waals surface area contributed by atoms with Crippen molar-refractivity contribution in [1.29, 1.82) is 0 Å². The van der Waals surface area contributed by atoms with E-state index in [2.05, 4.69) is 15.8 Å². The Morgan fingerprint density at radius 2 is 1.66 bits per heavy atom. The Balaban J connectivity index is 1.74. The number of alkyl halides is 3. The SMILES string of the molecule is COc1ccc(C(=O)Nc2ccccc2C(=O)NN=Cc2ccc(Cl)c(C(F)(F)F)c2)cc1OC. The van der Waals surface area contributed by atoms with Gasteiger partial charge in [-0.25, -0.2) is 5.43 Å². The number of nitrogens with zero attached hydrogens (tertiary/aromatic N) is 1. The molecule has 0 heterocycles. The number of benzene rings is 3. The second-order valence-corrected chi connectivity index (χ2v) is 7.41. The molecule has 3 rings (SSSR count). The molecule has 0 radical (unpaired) electrons. The highest BCUT2D eigenvalue weighted by molar-refractivity contribution is 6.31. The highest BCUT2D eigenvalue weighted by atomic mass is 35.5. The number of methoxy groups -OCH3 is 2. The lowest BCUT2D eigenvalue weighted by atomic mass is 10.1. The minimum Gasteiger partial charge on any atom is -0.493 e. The maximum atomic E-state index is 13.0. The molecular weight excluding hydrogens is 487 g/mol. The van der Waals surface area contributed by atoms with E-state index in [1.165, 1.54) is 44.6 Å². The fourth-order valence-electron chi connectivity index (χ4n) is 3.03. The van der Waals surface area contributed by atoms with Crippen LogP contribution in [0.25, 0.3) is 0 Å². The topological polar surface area (TPSA) is 89.0 Å². The largest absolute Gasteiger partial charge is 0.493 e. The number of ether oxygens (including phenoxy) is 2. The van der Waals surface area contributed by atoms with E-state index in [4.69, 9.17) is 21.1 Å². The quantitative estimate of drug-likeness (QED) is 0.333. The molecule has 0 spiro atoms. The second-order valence-electron chi connectivity index (χ2n) is 7.01. The van der Waals surface area contributed by atoms with E-state index >= 15 is 0 Å². The number of hydrogen-bond donors (Lipinski definition) is 2. The molecule has 0 atom stereocenters. The summed E-state index contributed by atoms with van der Waals surface area (Å²) in [4.78, 5) is 25.3. The number of hydrazone groups is 1. The van der Waals surface area contributed by atoms with E-state index in [1.807, 2.05) is 0 Å². The first-order valence-electron chi connectivity index (χ1n) is 9.96. The third-order valence-electron chi connectivity index (χ3n) is 4.74. The molecule has 35 heavy (non-hydrogen) atoms. The van der Waals surface area contributed by atoms with Crippen LogP contribution < -0.4 is 20.2 Å². The normalized spacial score (nSPS) is 11.3. The third-order valence-corrected chi connectivity index (χ3v) is 5.07. The fourth-order valence-corrected chi connectivity index (χ4v) is 3.25. The maximum Gasteiger partial charge on any atom is 0.417 e. The van der Waals surface area contributed by atoms with Crippen LogP contribution in [0.15, 0.2) is 65.8 Å². The minimum atomic E-state index is -4.63. The Hall–Kier alpha value is -4.05. The van der Waals surface area contributed by atoms with Crippen molar-refractivity contribution in [2.75, 3.05) is 19.5 Å². The molecule has 3 aromatic rings. The predicted molar refractivity (Wildman–Crippen MR) is 125 cm³/mol. The number of rotatable bonds is 7. The van der Waals surface area contributed by atoms with Crippen molar-refractivity contribution in [3.8, 4) is 11.5 Å². The van der Waals surface area contributed by atoms with Crippen LogP contribution in [0.2, 0.25) is 5.02 Å². The van der Waals surface area contributed by atoms with Crippen LogP contribution in [0.3, 0.4) is 0 Å². The standard InChI is InChI=1S/C24H19ClF3N3O4/c1-34-20-10-8-15(12-21(20)35-2)22(32)30-19-6-4-3-5-16(19)23(33)31-29-13-14-7-9-18(25)17(11-14)24(26,27)28/h3-13H,1-2H3,(H,30,32)(H,31,33). The van der Waals surface area contributed by atoms with Crippen LogP contribution in [0.5, 0.6) is 11.5 Å². The first-order chi connectivity index (χ1) is 16.6. The number of para-hydroxylation sites is 1. The van der Waals surface area contributed by atoms with Crippen LogP contribution in [-0.4, -0.2) is 32.2 Å². The van der Waals surface area contributed by atoms with Gasteiger partial charge in [-0.15, -0.1) is 0 Å². The molecule has 2 amide bonds. The molecule has 11 heteroatoms. The van der Waals surface area contributed by atoms with E-state index in [1.54, 1.807) is 18.2 Å². The van der Waals surface area contributed by atoms with E-state index in [0.29, 0.717) is 11.5 Å². The number of anilines is 1. The Morgan fingerprint density at radius 1 is 0.943 bits per heavy atom. The average molecular weight is 506 g/mol. The van der Waals surface area contributed by atoms with E-state index in [-0.39, 0.29) is 22.4 Å². The van der Waals surface area contributed by atoms with Crippen LogP contribution in [0.1, 0.15) is 31.8 Å². The molecule has 0 unspecified atom stereocenters. The van der Waals surface area contributed by atoms with Gasteiger partial charge in [0.15, 0.2) is 11.5 Å². The molecule has 3 aromatic carbocycles. The highest BCUT2D eigenvalue weighted by Gasteiger charge is 2.33. The van der Waals surface area contributed by atoms with Gasteiger partial charge in [-0.2, -0.15) is 18.3 Å². The summed E-state index contributed by atoms with van der Waals surface area (Å²) in [6.45, 7) is 0. The molecule has 0 saturated heterocycles. The molecule has 0 saturated carbocycles. The number of carbonyl (C=O) groups excluding carboxylic acids is 2. The molecule has 7 nitrogen and oxygen atoms in total. The minimum absolute atomic E-state index is 0.0806. The van der Waals surface area contributed by atoms with Gasteiger partial charge in [0.1, 0.15) is 0 Å². The van der Waals surface area contributed by atoms with Gasteiger partial charge in [-0.1, -0.05) is 29.8 Å². The van der Waals surface area contributed by atoms with Gasteiger partial charge in [-0.3, -0.25) is 9.59 Å². The van der Waals surface area contributed by atoms with Crippen molar-refractivity contribution in [1.82, 2.24) is 5.43 Å². The highest BCUT2D eigenvalue weighted by Crippen LogP contribution is 2.35. The summed E-state index contributed by atoms with van der Waals surface area (Å²) < 4.78 is 49.4. The summed E-state index contributed by atoms with van der Waals surface area (Å²) in [6, 6.07) is 14.0. The number of halogens is 4. The van der Waals surface area contributed by atoms with Gasteiger partial charge >= 0.3 is 6.18 Å². The van der Waals surface area contributed by atoms with Crippen molar-refractivity contribution in [2.45, 2.75) is 6.18 Å². The fraction of sp³-hybridized carbons (Fsp3) is 0.125. The van der Waals surface area contributed by atoms with E-state index in [0.717, 1.165) is 18.3 Å². The van der Waals surface area contributed by atoms with Gasteiger partial charge in [0.2, 0.25) is 0 Å². The Morgan fingerprint density at radius 3 is 2.34 bits per heavy atom. The molecule has 0 aromatic heterocycles. The number of nitrogens with one attached hydrogen (secondary N) is 2. The molecule has 0 aliphatic carbocycles. The predicted octanol–water partition coefficient (Wildman–Crippen LogP) is 5.39. The molecule has 0 aliphatic rings. The summed E-state index contributed by atoms with van der Waals surface area (Å²) in [5, 5.41) is 5.91. The van der Waals surface area contributed by atoms with E-state index in [9.17, 15) is 22.8 Å². The van der Waals surface area contributed by atoms with Crippen molar-refractivity contribution >= 4 is 35.3 Å². The zero-order valence-corrected chi connectivity index (χ0v) is 19.2. The van der Waals surface area contributed by atoms with Gasteiger partial charge in [-0.05, 0) is 48.0 Å². The Kier molecular flexibility index (Phi) is 7.98. The van der Waals surface area contributed by atoms with Gasteiger partial charge in [0, 0.05) is 5.56 Å². The van der Waals surface area contributed by atoms with Crippen molar-refractivity contribution < 1.29 is 32.2 Å². The lowest BCUT2D eigenvalue weighted by molar-refractivity contribution is -0.137. The molecule has 182 valence electrons. The van der Waals surface area contributed by atoms with Crippen LogP contribution in [0.4, 0.5) is 18.9 Å². The maximum absolute atomic E-state index is 13.0. The summed E-state index contributed by atoms with van der Waals surface area (Å²) in [6.07, 6.45) is -3.58. The lowest BCUT2D eigenvalue weighted by Gasteiger charge is -2.12. The Labute approximate surface area is 203 Å². The first kappa shape index (κ1) is 25.6. The molecule has 0 bridgehead atoms. The summed E-state index contributed by atoms with van der Waals surface area (Å²) in [5.74, 6) is -0.383. The van der Waals surface area contributed by atoms with Crippen LogP contribution >= 0.6 is 11.6 Å². The summed E-state index contributed by atoms with van der Waals surface area (Å²) >= 11 is 5.60. The zero-order valence-electron chi connectivity index (χ0n) is 18.4. The zero-order chi connectivity index (χ0) is 25.6. The monoisotopic (exact) mass is 505 g/mol.